The average Bonchev–Trinajstić information content (AvgIpc) is 3.40. The third-order valence-corrected chi connectivity index (χ3v) is 4.87. The van der Waals surface area contributed by atoms with Crippen LogP contribution in [0.3, 0.4) is 0 Å². The molecule has 3 aromatic heterocycles. The Kier molecular flexibility index (Phi) is 4.62. The summed E-state index contributed by atoms with van der Waals surface area (Å²) in [6.07, 6.45) is 7.46. The number of rotatable bonds is 4. The van der Waals surface area contributed by atoms with Crippen LogP contribution in [0.2, 0.25) is 0 Å². The molecule has 27 heavy (non-hydrogen) atoms. The van der Waals surface area contributed by atoms with E-state index in [0.717, 1.165) is 30.5 Å². The third-order valence-electron chi connectivity index (χ3n) is 4.87. The van der Waals surface area contributed by atoms with Crippen molar-refractivity contribution in [1.29, 1.82) is 0 Å². The van der Waals surface area contributed by atoms with Crippen molar-refractivity contribution in [2.24, 2.45) is 0 Å². The summed E-state index contributed by atoms with van der Waals surface area (Å²) in [4.78, 5) is 26.0. The second-order valence-corrected chi connectivity index (χ2v) is 6.70. The van der Waals surface area contributed by atoms with Gasteiger partial charge in [-0.1, -0.05) is 0 Å². The number of anilines is 1. The molecule has 1 aliphatic rings. The lowest BCUT2D eigenvalue weighted by molar-refractivity contribution is -0.134. The lowest BCUT2D eigenvalue weighted by atomic mass is 10.2. The zero-order valence-electron chi connectivity index (χ0n) is 15.6. The molecule has 1 amide bonds. The average molecular weight is 365 g/mol. The highest BCUT2D eigenvalue weighted by Gasteiger charge is 2.26. The van der Waals surface area contributed by atoms with Crippen LogP contribution in [0.15, 0.2) is 49.1 Å². The van der Waals surface area contributed by atoms with Crippen molar-refractivity contribution in [2.45, 2.75) is 19.9 Å². The Morgan fingerprint density at radius 2 is 1.70 bits per heavy atom. The number of amides is 1. The van der Waals surface area contributed by atoms with E-state index in [9.17, 15) is 4.79 Å². The molecule has 8 heteroatoms. The Balaban J connectivity index is 1.44. The van der Waals surface area contributed by atoms with Crippen LogP contribution in [0.5, 0.6) is 0 Å². The number of aryl methyl sites for hydroxylation is 1. The van der Waals surface area contributed by atoms with Gasteiger partial charge in [-0.25, -0.2) is 9.97 Å². The number of aromatic nitrogens is 5. The molecule has 1 fully saturated rings. The van der Waals surface area contributed by atoms with E-state index in [1.165, 1.54) is 0 Å². The molecule has 0 spiro atoms. The molecule has 0 aromatic carbocycles. The molecule has 0 aliphatic carbocycles. The molecule has 1 unspecified atom stereocenters. The quantitative estimate of drug-likeness (QED) is 0.703. The van der Waals surface area contributed by atoms with Crippen LogP contribution in [0.25, 0.3) is 5.82 Å². The van der Waals surface area contributed by atoms with Crippen molar-refractivity contribution < 1.29 is 4.79 Å². The summed E-state index contributed by atoms with van der Waals surface area (Å²) < 4.78 is 3.68. The number of hydrogen-bond donors (Lipinski definition) is 0. The van der Waals surface area contributed by atoms with Crippen molar-refractivity contribution in [3.63, 3.8) is 0 Å². The molecule has 0 N–H and O–H groups in total. The van der Waals surface area contributed by atoms with Crippen LogP contribution in [0.1, 0.15) is 18.8 Å². The van der Waals surface area contributed by atoms with Gasteiger partial charge in [-0.3, -0.25) is 9.48 Å². The summed E-state index contributed by atoms with van der Waals surface area (Å²) in [6, 6.07) is 7.50. The maximum Gasteiger partial charge on any atom is 0.247 e. The monoisotopic (exact) mass is 365 g/mol. The Morgan fingerprint density at radius 3 is 2.37 bits per heavy atom. The molecular formula is C19H23N7O. The highest BCUT2D eigenvalue weighted by molar-refractivity contribution is 5.80. The van der Waals surface area contributed by atoms with Gasteiger partial charge in [0.2, 0.25) is 5.91 Å². The SMILES string of the molecule is Cc1nc(N2CCN(C(=O)C(C)n3cccn3)CC2)cc(-n2cccc2)n1. The normalized spacial score (nSPS) is 15.8. The van der Waals surface area contributed by atoms with Gasteiger partial charge in [0.15, 0.2) is 0 Å². The van der Waals surface area contributed by atoms with Crippen LogP contribution >= 0.6 is 0 Å². The predicted octanol–water partition coefficient (Wildman–Crippen LogP) is 1.68. The van der Waals surface area contributed by atoms with Gasteiger partial charge < -0.3 is 14.4 Å². The van der Waals surface area contributed by atoms with Crippen molar-refractivity contribution in [1.82, 2.24) is 29.2 Å². The molecule has 0 radical (unpaired) electrons. The Bertz CT molecular complexity index is 896. The second kappa shape index (κ2) is 7.22. The largest absolute Gasteiger partial charge is 0.353 e. The van der Waals surface area contributed by atoms with E-state index in [1.807, 2.05) is 66.2 Å². The van der Waals surface area contributed by atoms with Gasteiger partial charge in [0.05, 0.1) is 0 Å². The molecule has 1 aliphatic heterocycles. The maximum atomic E-state index is 12.7. The minimum atomic E-state index is -0.284. The summed E-state index contributed by atoms with van der Waals surface area (Å²) in [6.45, 7) is 6.64. The summed E-state index contributed by atoms with van der Waals surface area (Å²) in [7, 11) is 0. The number of hydrogen-bond acceptors (Lipinski definition) is 5. The molecule has 4 heterocycles. The van der Waals surface area contributed by atoms with E-state index < -0.39 is 0 Å². The topological polar surface area (TPSA) is 72.1 Å². The first kappa shape index (κ1) is 17.3. The van der Waals surface area contributed by atoms with Gasteiger partial charge in [0, 0.05) is 57.0 Å². The number of carbonyl (C=O) groups is 1. The molecule has 0 saturated carbocycles. The van der Waals surface area contributed by atoms with E-state index in [1.54, 1.807) is 10.9 Å². The van der Waals surface area contributed by atoms with Gasteiger partial charge in [0.25, 0.3) is 0 Å². The first-order valence-corrected chi connectivity index (χ1v) is 9.14. The van der Waals surface area contributed by atoms with Gasteiger partial charge in [0.1, 0.15) is 23.5 Å². The van der Waals surface area contributed by atoms with Gasteiger partial charge >= 0.3 is 0 Å². The molecule has 4 rings (SSSR count). The van der Waals surface area contributed by atoms with Gasteiger partial charge in [-0.2, -0.15) is 5.10 Å². The van der Waals surface area contributed by atoms with Gasteiger partial charge in [-0.15, -0.1) is 0 Å². The minimum absolute atomic E-state index is 0.102. The lowest BCUT2D eigenvalue weighted by Crippen LogP contribution is -2.50. The Hall–Kier alpha value is -3.16. The maximum absolute atomic E-state index is 12.7. The van der Waals surface area contributed by atoms with Crippen LogP contribution in [0.4, 0.5) is 5.82 Å². The standard InChI is InChI=1S/C19H23N7O/c1-15(26-9-5-6-20-26)19(27)25-12-10-24(11-13-25)18-14-17(21-16(2)22-18)23-7-3-4-8-23/h3-9,14-15H,10-13H2,1-2H3. The molecule has 8 nitrogen and oxygen atoms in total. The van der Waals surface area contributed by atoms with Crippen LogP contribution in [-0.2, 0) is 4.79 Å². The minimum Gasteiger partial charge on any atom is -0.353 e. The molecule has 0 bridgehead atoms. The fourth-order valence-corrected chi connectivity index (χ4v) is 3.36. The highest BCUT2D eigenvalue weighted by Crippen LogP contribution is 2.19. The summed E-state index contributed by atoms with van der Waals surface area (Å²) >= 11 is 0. The fraction of sp³-hybridized carbons (Fsp3) is 0.368. The lowest BCUT2D eigenvalue weighted by Gasteiger charge is -2.36. The Morgan fingerprint density at radius 1 is 1.00 bits per heavy atom. The highest BCUT2D eigenvalue weighted by atomic mass is 16.2. The second-order valence-electron chi connectivity index (χ2n) is 6.70. The first-order chi connectivity index (χ1) is 13.1. The third kappa shape index (κ3) is 3.55. The molecule has 1 atom stereocenters. The zero-order chi connectivity index (χ0) is 18.8. The van der Waals surface area contributed by atoms with Crippen molar-refractivity contribution >= 4 is 11.7 Å². The molecule has 1 saturated heterocycles. The number of carbonyl (C=O) groups excluding carboxylic acids is 1. The van der Waals surface area contributed by atoms with Crippen molar-refractivity contribution in [2.75, 3.05) is 31.1 Å². The molecule has 3 aromatic rings. The van der Waals surface area contributed by atoms with Crippen molar-refractivity contribution in [3.05, 3.63) is 54.9 Å². The van der Waals surface area contributed by atoms with Crippen LogP contribution in [-0.4, -0.2) is 61.3 Å². The summed E-state index contributed by atoms with van der Waals surface area (Å²) in [5.74, 6) is 2.60. The smallest absolute Gasteiger partial charge is 0.247 e. The van der Waals surface area contributed by atoms with E-state index in [4.69, 9.17) is 0 Å². The van der Waals surface area contributed by atoms with Crippen LogP contribution < -0.4 is 4.90 Å². The molecular weight excluding hydrogens is 342 g/mol. The van der Waals surface area contributed by atoms with E-state index >= 15 is 0 Å². The van der Waals surface area contributed by atoms with E-state index in [2.05, 4.69) is 20.0 Å². The van der Waals surface area contributed by atoms with E-state index in [-0.39, 0.29) is 11.9 Å². The van der Waals surface area contributed by atoms with Crippen LogP contribution in [0, 0.1) is 6.92 Å². The summed E-state index contributed by atoms with van der Waals surface area (Å²) in [5.41, 5.74) is 0. The summed E-state index contributed by atoms with van der Waals surface area (Å²) in [5, 5.41) is 4.18. The number of nitrogens with zero attached hydrogens (tertiary/aromatic N) is 7. The fourth-order valence-electron chi connectivity index (χ4n) is 3.36. The first-order valence-electron chi connectivity index (χ1n) is 9.14. The number of piperazine rings is 1. The predicted molar refractivity (Wildman–Crippen MR) is 102 cm³/mol. The Labute approximate surface area is 158 Å². The van der Waals surface area contributed by atoms with Crippen molar-refractivity contribution in [3.8, 4) is 5.82 Å². The van der Waals surface area contributed by atoms with E-state index in [0.29, 0.717) is 13.1 Å². The van der Waals surface area contributed by atoms with Gasteiger partial charge in [-0.05, 0) is 32.0 Å². The zero-order valence-corrected chi connectivity index (χ0v) is 15.6. The molecule has 140 valence electrons.